The number of amides is 1. The highest BCUT2D eigenvalue weighted by atomic mass is 32.1. The number of hydrogen-bond acceptors (Lipinski definition) is 5. The number of rotatable bonds is 6. The van der Waals surface area contributed by atoms with Crippen LogP contribution in [-0.2, 0) is 20.7 Å². The fourth-order valence-corrected chi connectivity index (χ4v) is 3.45. The molecule has 2 aromatic heterocycles. The molecule has 3 aromatic rings. The van der Waals surface area contributed by atoms with E-state index in [1.807, 2.05) is 50.4 Å². The topological polar surface area (TPSA) is 68.5 Å². The van der Waals surface area contributed by atoms with Crippen LogP contribution in [0.1, 0.15) is 34.5 Å². The first-order valence-corrected chi connectivity index (χ1v) is 9.27. The lowest BCUT2D eigenvalue weighted by molar-refractivity contribution is -0.148. The van der Waals surface area contributed by atoms with Gasteiger partial charge in [-0.2, -0.15) is 0 Å². The van der Waals surface area contributed by atoms with E-state index < -0.39 is 5.97 Å². The molecular weight excluding hydrogens is 350 g/mol. The monoisotopic (exact) mass is 371 g/mol. The van der Waals surface area contributed by atoms with Crippen molar-refractivity contribution in [3.63, 3.8) is 0 Å². The Morgan fingerprint density at radius 1 is 1.27 bits per heavy atom. The van der Waals surface area contributed by atoms with E-state index >= 15 is 0 Å². The Labute approximate surface area is 156 Å². The lowest BCUT2D eigenvalue weighted by Gasteiger charge is -2.12. The zero-order valence-electron chi connectivity index (χ0n) is 15.0. The van der Waals surface area contributed by atoms with E-state index in [4.69, 9.17) is 9.15 Å². The summed E-state index contributed by atoms with van der Waals surface area (Å²) < 4.78 is 10.6. The third-order valence-electron chi connectivity index (χ3n) is 4.32. The smallest absolute Gasteiger partial charge is 0.310 e. The predicted octanol–water partition coefficient (Wildman–Crippen LogP) is 4.07. The summed E-state index contributed by atoms with van der Waals surface area (Å²) in [4.78, 5) is 25.1. The molecule has 0 saturated carbocycles. The first-order valence-electron chi connectivity index (χ1n) is 8.39. The minimum Gasteiger partial charge on any atom is -0.464 e. The Bertz CT molecular complexity index is 927. The quantitative estimate of drug-likeness (QED) is 0.663. The van der Waals surface area contributed by atoms with Gasteiger partial charge in [0.25, 0.3) is 5.91 Å². The van der Waals surface area contributed by atoms with Crippen molar-refractivity contribution < 1.29 is 18.7 Å². The molecule has 1 amide bonds. The average Bonchev–Trinajstić information content (AvgIpc) is 3.25. The third kappa shape index (κ3) is 4.14. The van der Waals surface area contributed by atoms with Crippen LogP contribution in [0.2, 0.25) is 0 Å². The fraction of sp³-hybridized carbons (Fsp3) is 0.300. The molecule has 0 fully saturated rings. The molecule has 3 rings (SSSR count). The molecule has 0 bridgehead atoms. The van der Waals surface area contributed by atoms with E-state index in [-0.39, 0.29) is 25.0 Å². The number of esters is 1. The molecule has 1 N–H and O–H groups in total. The van der Waals surface area contributed by atoms with E-state index in [1.54, 1.807) is 17.6 Å². The average molecular weight is 371 g/mol. The van der Waals surface area contributed by atoms with Gasteiger partial charge in [0.15, 0.2) is 6.61 Å². The van der Waals surface area contributed by atoms with Crippen LogP contribution < -0.4 is 5.32 Å². The molecule has 136 valence electrons. The van der Waals surface area contributed by atoms with Gasteiger partial charge in [-0.25, -0.2) is 0 Å². The van der Waals surface area contributed by atoms with Crippen LogP contribution in [0.25, 0.3) is 11.0 Å². The zero-order valence-corrected chi connectivity index (χ0v) is 15.8. The van der Waals surface area contributed by atoms with Crippen molar-refractivity contribution in [1.82, 2.24) is 5.32 Å². The van der Waals surface area contributed by atoms with Crippen LogP contribution in [-0.4, -0.2) is 18.5 Å². The third-order valence-corrected chi connectivity index (χ3v) is 5.37. The van der Waals surface area contributed by atoms with Crippen molar-refractivity contribution in [2.75, 3.05) is 6.61 Å². The second kappa shape index (κ2) is 7.74. The maximum atomic E-state index is 12.1. The van der Waals surface area contributed by atoms with Crippen molar-refractivity contribution >= 4 is 34.2 Å². The molecule has 0 saturated heterocycles. The van der Waals surface area contributed by atoms with Gasteiger partial charge in [0, 0.05) is 15.8 Å². The summed E-state index contributed by atoms with van der Waals surface area (Å²) in [6, 6.07) is 7.74. The maximum Gasteiger partial charge on any atom is 0.310 e. The number of thiophene rings is 1. The molecule has 0 unspecified atom stereocenters. The lowest BCUT2D eigenvalue weighted by atomic mass is 10.0. The van der Waals surface area contributed by atoms with Crippen molar-refractivity contribution in [2.24, 2.45) is 0 Å². The van der Waals surface area contributed by atoms with E-state index in [0.717, 1.165) is 32.5 Å². The highest BCUT2D eigenvalue weighted by Gasteiger charge is 2.15. The number of ether oxygens (including phenoxy) is 1. The van der Waals surface area contributed by atoms with Crippen molar-refractivity contribution in [1.29, 1.82) is 0 Å². The molecule has 0 aliphatic carbocycles. The van der Waals surface area contributed by atoms with Gasteiger partial charge in [0.2, 0.25) is 0 Å². The number of carbonyl (C=O) groups is 2. The summed E-state index contributed by atoms with van der Waals surface area (Å²) in [7, 11) is 0. The van der Waals surface area contributed by atoms with E-state index in [2.05, 4.69) is 5.32 Å². The van der Waals surface area contributed by atoms with Crippen LogP contribution >= 0.6 is 11.3 Å². The Hall–Kier alpha value is -2.60. The molecule has 1 aromatic carbocycles. The molecule has 0 aliphatic heterocycles. The van der Waals surface area contributed by atoms with Gasteiger partial charge < -0.3 is 14.5 Å². The summed E-state index contributed by atoms with van der Waals surface area (Å²) in [5.74, 6) is -0.771. The summed E-state index contributed by atoms with van der Waals surface area (Å²) >= 11 is 1.57. The van der Waals surface area contributed by atoms with Gasteiger partial charge in [-0.15, -0.1) is 11.3 Å². The van der Waals surface area contributed by atoms with Crippen molar-refractivity contribution in [2.45, 2.75) is 33.2 Å². The Balaban J connectivity index is 1.54. The first-order chi connectivity index (χ1) is 12.4. The molecular formula is C20H21NO4S. The summed E-state index contributed by atoms with van der Waals surface area (Å²) in [6.45, 7) is 5.64. The largest absolute Gasteiger partial charge is 0.464 e. The highest BCUT2D eigenvalue weighted by Crippen LogP contribution is 2.25. The zero-order chi connectivity index (χ0) is 18.7. The van der Waals surface area contributed by atoms with Crippen LogP contribution in [0.3, 0.4) is 0 Å². The van der Waals surface area contributed by atoms with Crippen molar-refractivity contribution in [3.8, 4) is 0 Å². The van der Waals surface area contributed by atoms with Crippen LogP contribution in [0, 0.1) is 13.8 Å². The van der Waals surface area contributed by atoms with Gasteiger partial charge in [0.05, 0.1) is 18.7 Å². The van der Waals surface area contributed by atoms with Gasteiger partial charge in [-0.1, -0.05) is 6.07 Å². The second-order valence-electron chi connectivity index (χ2n) is 6.34. The lowest BCUT2D eigenvalue weighted by Crippen LogP contribution is -2.31. The number of carbonyl (C=O) groups excluding carboxylic acids is 2. The van der Waals surface area contributed by atoms with Gasteiger partial charge in [0.1, 0.15) is 5.58 Å². The molecule has 6 heteroatoms. The molecule has 5 nitrogen and oxygen atoms in total. The van der Waals surface area contributed by atoms with Gasteiger partial charge >= 0.3 is 5.97 Å². The number of hydrogen-bond donors (Lipinski definition) is 1. The predicted molar refractivity (Wildman–Crippen MR) is 101 cm³/mol. The molecule has 2 heterocycles. The summed E-state index contributed by atoms with van der Waals surface area (Å²) in [5, 5.41) is 5.67. The number of furan rings is 1. The normalized spacial score (nSPS) is 12.1. The molecule has 0 radical (unpaired) electrons. The number of benzene rings is 1. The van der Waals surface area contributed by atoms with E-state index in [0.29, 0.717) is 0 Å². The van der Waals surface area contributed by atoms with E-state index in [9.17, 15) is 9.59 Å². The van der Waals surface area contributed by atoms with Crippen LogP contribution in [0.4, 0.5) is 0 Å². The maximum absolute atomic E-state index is 12.1. The SMILES string of the molecule is Cc1cc2occ(CC(=O)OCC(=O)N[C@@H](C)c3cccs3)c2cc1C. The second-order valence-corrected chi connectivity index (χ2v) is 7.31. The van der Waals surface area contributed by atoms with Gasteiger partial charge in [-0.05, 0) is 55.5 Å². The molecule has 0 spiro atoms. The molecule has 1 atom stereocenters. The highest BCUT2D eigenvalue weighted by molar-refractivity contribution is 7.10. The Morgan fingerprint density at radius 3 is 2.77 bits per heavy atom. The number of nitrogens with one attached hydrogen (secondary N) is 1. The van der Waals surface area contributed by atoms with Gasteiger partial charge in [-0.3, -0.25) is 9.59 Å². The van der Waals surface area contributed by atoms with Crippen LogP contribution in [0.15, 0.2) is 40.3 Å². The summed E-state index contributed by atoms with van der Waals surface area (Å²) in [5.41, 5.74) is 3.78. The fourth-order valence-electron chi connectivity index (χ4n) is 2.72. The molecule has 26 heavy (non-hydrogen) atoms. The van der Waals surface area contributed by atoms with Crippen molar-refractivity contribution in [3.05, 3.63) is 57.5 Å². The standard InChI is InChI=1S/C20H21NO4S/c1-12-7-16-15(10-24-17(16)8-13(12)2)9-20(23)25-11-19(22)21-14(3)18-5-4-6-26-18/h4-8,10,14H,9,11H2,1-3H3,(H,21,22)/t14-/m0/s1. The Kier molecular flexibility index (Phi) is 5.42. The first kappa shape index (κ1) is 18.2. The minimum absolute atomic E-state index is 0.0727. The molecule has 0 aliphatic rings. The number of aryl methyl sites for hydroxylation is 2. The minimum atomic E-state index is -0.454. The summed E-state index contributed by atoms with van der Waals surface area (Å²) in [6.07, 6.45) is 1.65. The Morgan fingerprint density at radius 2 is 2.04 bits per heavy atom. The number of fused-ring (bicyclic) bond motifs is 1. The van der Waals surface area contributed by atoms with E-state index in [1.165, 1.54) is 0 Å². The van der Waals surface area contributed by atoms with Crippen LogP contribution in [0.5, 0.6) is 0 Å².